The zero-order valence-corrected chi connectivity index (χ0v) is 8.50. The van der Waals surface area contributed by atoms with Crippen molar-refractivity contribution in [2.24, 2.45) is 5.73 Å². The van der Waals surface area contributed by atoms with E-state index in [4.69, 9.17) is 10.8 Å². The zero-order valence-electron chi connectivity index (χ0n) is 8.50. The summed E-state index contributed by atoms with van der Waals surface area (Å²) in [5.41, 5.74) is 6.21. The maximum atomic E-state index is 10.6. The van der Waals surface area contributed by atoms with Crippen LogP contribution in [0.5, 0.6) is 0 Å². The van der Waals surface area contributed by atoms with Gasteiger partial charge < -0.3 is 10.8 Å². The molecule has 0 saturated carbocycles. The Labute approximate surface area is 91.9 Å². The van der Waals surface area contributed by atoms with Gasteiger partial charge >= 0.3 is 5.97 Å². The smallest absolute Gasteiger partial charge is 0.320 e. The molecule has 0 fully saturated rings. The molecule has 3 N–H and O–H groups in total. The van der Waals surface area contributed by atoms with Gasteiger partial charge in [-0.1, -0.05) is 18.2 Å². The molecule has 0 unspecified atom stereocenters. The van der Waals surface area contributed by atoms with Gasteiger partial charge in [-0.2, -0.15) is 0 Å². The molecule has 0 aliphatic rings. The molecule has 1 heterocycles. The molecule has 0 spiro atoms. The molecule has 16 heavy (non-hydrogen) atoms. The van der Waals surface area contributed by atoms with Gasteiger partial charge in [0.2, 0.25) is 0 Å². The van der Waals surface area contributed by atoms with Crippen LogP contribution in [0.15, 0.2) is 30.5 Å². The van der Waals surface area contributed by atoms with Gasteiger partial charge in [0.25, 0.3) is 0 Å². The average molecular weight is 217 g/mol. The van der Waals surface area contributed by atoms with Crippen LogP contribution in [-0.2, 0) is 11.2 Å². The normalized spacial score (nSPS) is 12.6. The lowest BCUT2D eigenvalue weighted by Gasteiger charge is -2.05. The summed E-state index contributed by atoms with van der Waals surface area (Å²) in [4.78, 5) is 18.9. The Morgan fingerprint density at radius 1 is 1.44 bits per heavy atom. The quantitative estimate of drug-likeness (QED) is 0.785. The first-order valence-electron chi connectivity index (χ1n) is 4.86. The molecule has 0 saturated heterocycles. The SMILES string of the molecule is N[C@@H](Cc1ncc2ccccc2n1)C(=O)O. The number of carboxylic acid groups (broad SMARTS) is 1. The molecular weight excluding hydrogens is 206 g/mol. The second kappa shape index (κ2) is 4.24. The first kappa shape index (κ1) is 10.5. The van der Waals surface area contributed by atoms with E-state index < -0.39 is 12.0 Å². The summed E-state index contributed by atoms with van der Waals surface area (Å²) in [5.74, 6) is -0.592. The van der Waals surface area contributed by atoms with E-state index in [9.17, 15) is 4.79 Å². The summed E-state index contributed by atoms with van der Waals surface area (Å²) in [7, 11) is 0. The lowest BCUT2D eigenvalue weighted by Crippen LogP contribution is -2.32. The van der Waals surface area contributed by atoms with Crippen LogP contribution >= 0.6 is 0 Å². The fraction of sp³-hybridized carbons (Fsp3) is 0.182. The van der Waals surface area contributed by atoms with Crippen molar-refractivity contribution >= 4 is 16.9 Å². The number of carboxylic acids is 1. The van der Waals surface area contributed by atoms with Crippen molar-refractivity contribution in [3.63, 3.8) is 0 Å². The Morgan fingerprint density at radius 3 is 2.94 bits per heavy atom. The number of rotatable bonds is 3. The summed E-state index contributed by atoms with van der Waals surface area (Å²) < 4.78 is 0. The number of hydrogen-bond acceptors (Lipinski definition) is 4. The van der Waals surface area contributed by atoms with Gasteiger partial charge in [-0.3, -0.25) is 4.79 Å². The standard InChI is InChI=1S/C11H11N3O2/c12-8(11(15)16)5-10-13-6-7-3-1-2-4-9(7)14-10/h1-4,6,8H,5,12H2,(H,15,16)/t8-/m0/s1. The fourth-order valence-corrected chi connectivity index (χ4v) is 1.39. The largest absolute Gasteiger partial charge is 0.480 e. The monoisotopic (exact) mass is 217 g/mol. The third-order valence-electron chi connectivity index (χ3n) is 2.26. The van der Waals surface area contributed by atoms with Crippen LogP contribution in [0.25, 0.3) is 10.9 Å². The van der Waals surface area contributed by atoms with Crippen LogP contribution in [0.2, 0.25) is 0 Å². The minimum atomic E-state index is -1.04. The zero-order chi connectivity index (χ0) is 11.5. The lowest BCUT2D eigenvalue weighted by molar-refractivity contribution is -0.138. The molecule has 0 radical (unpaired) electrons. The van der Waals surface area contributed by atoms with Gasteiger partial charge in [0.1, 0.15) is 11.9 Å². The number of nitrogens with two attached hydrogens (primary N) is 1. The van der Waals surface area contributed by atoms with Crippen molar-refractivity contribution in [1.29, 1.82) is 0 Å². The van der Waals surface area contributed by atoms with Crippen molar-refractivity contribution in [2.75, 3.05) is 0 Å². The van der Waals surface area contributed by atoms with Crippen LogP contribution in [-0.4, -0.2) is 27.1 Å². The van der Waals surface area contributed by atoms with E-state index in [2.05, 4.69) is 9.97 Å². The molecule has 1 aromatic heterocycles. The van der Waals surface area contributed by atoms with Gasteiger partial charge in [-0.25, -0.2) is 9.97 Å². The molecule has 0 bridgehead atoms. The van der Waals surface area contributed by atoms with E-state index in [1.165, 1.54) is 0 Å². The van der Waals surface area contributed by atoms with Gasteiger partial charge in [0.05, 0.1) is 5.52 Å². The first-order valence-corrected chi connectivity index (χ1v) is 4.86. The summed E-state index contributed by atoms with van der Waals surface area (Å²) >= 11 is 0. The van der Waals surface area contributed by atoms with Crippen molar-refractivity contribution in [1.82, 2.24) is 9.97 Å². The van der Waals surface area contributed by atoms with Gasteiger partial charge in [0.15, 0.2) is 0 Å². The predicted molar refractivity (Wildman–Crippen MR) is 58.9 cm³/mol. The molecule has 0 amide bonds. The molecule has 2 rings (SSSR count). The fourth-order valence-electron chi connectivity index (χ4n) is 1.39. The van der Waals surface area contributed by atoms with Gasteiger partial charge in [0, 0.05) is 18.0 Å². The highest BCUT2D eigenvalue weighted by Crippen LogP contribution is 2.10. The molecule has 2 aromatic rings. The van der Waals surface area contributed by atoms with E-state index in [-0.39, 0.29) is 6.42 Å². The number of aromatic nitrogens is 2. The van der Waals surface area contributed by atoms with Crippen LogP contribution in [0.4, 0.5) is 0 Å². The van der Waals surface area contributed by atoms with Gasteiger partial charge in [-0.05, 0) is 6.07 Å². The molecule has 82 valence electrons. The third kappa shape index (κ3) is 2.14. The summed E-state index contributed by atoms with van der Waals surface area (Å²) in [6.07, 6.45) is 1.81. The van der Waals surface area contributed by atoms with Crippen LogP contribution in [0.1, 0.15) is 5.82 Å². The molecule has 0 aliphatic carbocycles. The van der Waals surface area contributed by atoms with E-state index in [0.29, 0.717) is 5.82 Å². The number of fused-ring (bicyclic) bond motifs is 1. The van der Waals surface area contributed by atoms with Crippen LogP contribution < -0.4 is 5.73 Å². The number of benzene rings is 1. The predicted octanol–water partition coefficient (Wildman–Crippen LogP) is 0.584. The minimum absolute atomic E-state index is 0.139. The maximum Gasteiger partial charge on any atom is 0.320 e. The summed E-state index contributed by atoms with van der Waals surface area (Å²) in [5, 5.41) is 9.60. The third-order valence-corrected chi connectivity index (χ3v) is 2.26. The lowest BCUT2D eigenvalue weighted by atomic mass is 10.2. The van der Waals surface area contributed by atoms with E-state index in [1.807, 2.05) is 24.3 Å². The number of aliphatic carboxylic acids is 1. The molecular formula is C11H11N3O2. The van der Waals surface area contributed by atoms with Crippen molar-refractivity contribution in [3.05, 3.63) is 36.3 Å². The van der Waals surface area contributed by atoms with Gasteiger partial charge in [-0.15, -0.1) is 0 Å². The number of carbonyl (C=O) groups is 1. The minimum Gasteiger partial charge on any atom is -0.480 e. The summed E-state index contributed by atoms with van der Waals surface area (Å²) in [6.45, 7) is 0. The first-order chi connectivity index (χ1) is 7.66. The van der Waals surface area contributed by atoms with Crippen molar-refractivity contribution in [3.8, 4) is 0 Å². The van der Waals surface area contributed by atoms with Crippen molar-refractivity contribution in [2.45, 2.75) is 12.5 Å². The second-order valence-corrected chi connectivity index (χ2v) is 3.49. The Bertz CT molecular complexity index is 527. The Hall–Kier alpha value is -2.01. The second-order valence-electron chi connectivity index (χ2n) is 3.49. The van der Waals surface area contributed by atoms with E-state index in [0.717, 1.165) is 10.9 Å². The molecule has 5 nitrogen and oxygen atoms in total. The van der Waals surface area contributed by atoms with E-state index in [1.54, 1.807) is 6.20 Å². The van der Waals surface area contributed by atoms with Crippen LogP contribution in [0, 0.1) is 0 Å². The van der Waals surface area contributed by atoms with E-state index >= 15 is 0 Å². The highest BCUT2D eigenvalue weighted by Gasteiger charge is 2.13. The highest BCUT2D eigenvalue weighted by molar-refractivity contribution is 5.77. The summed E-state index contributed by atoms with van der Waals surface area (Å²) in [6, 6.07) is 6.56. The maximum absolute atomic E-state index is 10.6. The van der Waals surface area contributed by atoms with Crippen molar-refractivity contribution < 1.29 is 9.90 Å². The number of para-hydroxylation sites is 1. The topological polar surface area (TPSA) is 89.1 Å². The molecule has 0 aliphatic heterocycles. The number of hydrogen-bond donors (Lipinski definition) is 2. The number of nitrogens with zero attached hydrogens (tertiary/aromatic N) is 2. The highest BCUT2D eigenvalue weighted by atomic mass is 16.4. The Balaban J connectivity index is 2.29. The van der Waals surface area contributed by atoms with Crippen LogP contribution in [0.3, 0.4) is 0 Å². The molecule has 5 heteroatoms. The molecule has 1 aromatic carbocycles. The Morgan fingerprint density at radius 2 is 2.19 bits per heavy atom. The molecule has 1 atom stereocenters. The average Bonchev–Trinajstić information content (AvgIpc) is 2.28. The Kier molecular flexibility index (Phi) is 2.78.